The normalized spacial score (nSPS) is 13.0. The number of hydrogen-bond donors (Lipinski definition) is 0. The third kappa shape index (κ3) is 3.64. The van der Waals surface area contributed by atoms with Crippen LogP contribution in [0.5, 0.6) is 0 Å². The van der Waals surface area contributed by atoms with E-state index in [4.69, 9.17) is 0 Å². The van der Waals surface area contributed by atoms with E-state index in [-0.39, 0.29) is 5.41 Å². The lowest BCUT2D eigenvalue weighted by Crippen LogP contribution is -2.13. The van der Waals surface area contributed by atoms with Gasteiger partial charge >= 0.3 is 0 Å². The Bertz CT molecular complexity index is 1280. The molecular weight excluding hydrogens is 384 g/mol. The maximum Gasteiger partial charge on any atom is 0.00168 e. The van der Waals surface area contributed by atoms with Gasteiger partial charge in [0.05, 0.1) is 0 Å². The number of hydrogen-bond acceptors (Lipinski definition) is 0. The highest BCUT2D eigenvalue weighted by molar-refractivity contribution is 6.04. The molecule has 0 saturated heterocycles. The van der Waals surface area contributed by atoms with Crippen molar-refractivity contribution < 1.29 is 0 Å². The lowest BCUT2D eigenvalue weighted by molar-refractivity contribution is 0.567. The smallest absolute Gasteiger partial charge is 0.00168 e. The van der Waals surface area contributed by atoms with Crippen LogP contribution in [0, 0.1) is 5.41 Å². The molecule has 0 nitrogen and oxygen atoms in total. The van der Waals surface area contributed by atoms with Crippen LogP contribution in [0.25, 0.3) is 45.6 Å². The lowest BCUT2D eigenvalue weighted by Gasteiger charge is -2.31. The van der Waals surface area contributed by atoms with E-state index in [0.717, 1.165) is 16.7 Å². The highest BCUT2D eigenvalue weighted by Crippen LogP contribution is 2.50. The second-order valence-corrected chi connectivity index (χ2v) is 9.23. The minimum atomic E-state index is -0.0524. The van der Waals surface area contributed by atoms with Crippen molar-refractivity contribution in [1.29, 1.82) is 0 Å². The zero-order valence-electron chi connectivity index (χ0n) is 19.5. The standard InChI is InChI=1S/C32H30/c1-7-25-26(8-2)30(24-19-13-10-14-20-24)31-27(32(4,5)6)21-15-16-22(3)28(31)29(25)23-17-11-9-12-18-23/h7-15,17-21H,1-2H2,3-6H3. The molecule has 0 atom stereocenters. The van der Waals surface area contributed by atoms with Gasteiger partial charge < -0.3 is 0 Å². The van der Waals surface area contributed by atoms with Gasteiger partial charge in [0.25, 0.3) is 0 Å². The summed E-state index contributed by atoms with van der Waals surface area (Å²) in [6, 6.07) is 21.3. The van der Waals surface area contributed by atoms with Crippen LogP contribution in [0.15, 0.2) is 91.7 Å². The van der Waals surface area contributed by atoms with E-state index in [1.807, 2.05) is 12.2 Å². The molecule has 0 heteroatoms. The highest BCUT2D eigenvalue weighted by atomic mass is 14.3. The van der Waals surface area contributed by atoms with Crippen LogP contribution in [-0.4, -0.2) is 0 Å². The summed E-state index contributed by atoms with van der Waals surface area (Å²) in [6.07, 6.45) is 8.27. The van der Waals surface area contributed by atoms with Crippen molar-refractivity contribution in [1.82, 2.24) is 0 Å². The monoisotopic (exact) mass is 414 g/mol. The number of rotatable bonds is 4. The van der Waals surface area contributed by atoms with Gasteiger partial charge in [-0.15, -0.1) is 5.73 Å². The van der Waals surface area contributed by atoms with E-state index in [1.165, 1.54) is 39.0 Å². The minimum absolute atomic E-state index is 0.0524. The van der Waals surface area contributed by atoms with E-state index in [2.05, 4.69) is 119 Å². The van der Waals surface area contributed by atoms with Crippen molar-refractivity contribution in [2.24, 2.45) is 5.41 Å². The molecule has 0 bridgehead atoms. The molecule has 0 saturated carbocycles. The number of allylic oxidation sites excluding steroid dienone is 3. The predicted molar refractivity (Wildman–Crippen MR) is 142 cm³/mol. The van der Waals surface area contributed by atoms with Gasteiger partial charge in [-0.3, -0.25) is 0 Å². The summed E-state index contributed by atoms with van der Waals surface area (Å²) in [5, 5.41) is 0. The van der Waals surface area contributed by atoms with E-state index in [9.17, 15) is 0 Å². The van der Waals surface area contributed by atoms with Crippen LogP contribution in [0.3, 0.4) is 0 Å². The van der Waals surface area contributed by atoms with Crippen LogP contribution in [0.1, 0.15) is 49.9 Å². The van der Waals surface area contributed by atoms with Gasteiger partial charge in [-0.05, 0) is 68.5 Å². The van der Waals surface area contributed by atoms with Crippen molar-refractivity contribution in [3.63, 3.8) is 0 Å². The molecule has 158 valence electrons. The van der Waals surface area contributed by atoms with Crippen LogP contribution in [0.4, 0.5) is 0 Å². The summed E-state index contributed by atoms with van der Waals surface area (Å²) in [7, 11) is 0. The van der Waals surface area contributed by atoms with Gasteiger partial charge in [0.1, 0.15) is 0 Å². The molecule has 3 aromatic rings. The van der Waals surface area contributed by atoms with Gasteiger partial charge in [-0.2, -0.15) is 0 Å². The van der Waals surface area contributed by atoms with Crippen LogP contribution < -0.4 is 0 Å². The van der Waals surface area contributed by atoms with Gasteiger partial charge in [-0.1, -0.05) is 113 Å². The fraction of sp³-hybridized carbons (Fsp3) is 0.156. The van der Waals surface area contributed by atoms with Crippen LogP contribution >= 0.6 is 0 Å². The molecule has 1 aliphatic rings. The van der Waals surface area contributed by atoms with Crippen molar-refractivity contribution in [2.75, 3.05) is 0 Å². The molecule has 0 spiro atoms. The first-order chi connectivity index (χ1) is 15.4. The summed E-state index contributed by atoms with van der Waals surface area (Å²) < 4.78 is 0. The van der Waals surface area contributed by atoms with E-state index >= 15 is 0 Å². The Kier molecular flexibility index (Phi) is 5.74. The SMILES string of the molecule is C=Cc1c(C=C)c(-c2ccccc2)c2c(c1-c1ccccc1)C(C)=C=CC=C2C(C)(C)C. The highest BCUT2D eigenvalue weighted by Gasteiger charge is 2.30. The fourth-order valence-electron chi connectivity index (χ4n) is 4.70. The average molecular weight is 415 g/mol. The Morgan fingerprint density at radius 3 is 1.59 bits per heavy atom. The van der Waals surface area contributed by atoms with E-state index in [0.29, 0.717) is 0 Å². The first-order valence-electron chi connectivity index (χ1n) is 11.1. The van der Waals surface area contributed by atoms with Gasteiger partial charge in [0.15, 0.2) is 0 Å². The Hall–Kier alpha value is -3.60. The quantitative estimate of drug-likeness (QED) is 0.373. The first kappa shape index (κ1) is 21.6. The predicted octanol–water partition coefficient (Wildman–Crippen LogP) is 9.31. The molecule has 4 rings (SSSR count). The summed E-state index contributed by atoms with van der Waals surface area (Å²) in [5.74, 6) is 0. The number of fused-ring (bicyclic) bond motifs is 1. The van der Waals surface area contributed by atoms with Gasteiger partial charge in [0.2, 0.25) is 0 Å². The molecule has 0 amide bonds. The van der Waals surface area contributed by atoms with Crippen LogP contribution in [-0.2, 0) is 0 Å². The van der Waals surface area contributed by atoms with E-state index in [1.54, 1.807) is 0 Å². The van der Waals surface area contributed by atoms with Crippen molar-refractivity contribution >= 4 is 23.3 Å². The largest absolute Gasteiger partial charge is 0.117 e. The molecule has 0 aromatic heterocycles. The van der Waals surface area contributed by atoms with Crippen LogP contribution in [0.2, 0.25) is 0 Å². The third-order valence-corrected chi connectivity index (χ3v) is 6.11. The maximum absolute atomic E-state index is 4.24. The molecule has 0 N–H and O–H groups in total. The maximum atomic E-state index is 4.24. The Balaban J connectivity index is 2.32. The van der Waals surface area contributed by atoms with Gasteiger partial charge in [-0.25, -0.2) is 0 Å². The minimum Gasteiger partial charge on any atom is -0.117 e. The Morgan fingerprint density at radius 2 is 1.16 bits per heavy atom. The Morgan fingerprint density at radius 1 is 0.688 bits per heavy atom. The summed E-state index contributed by atoms with van der Waals surface area (Å²) >= 11 is 0. The molecule has 32 heavy (non-hydrogen) atoms. The molecule has 3 aromatic carbocycles. The second-order valence-electron chi connectivity index (χ2n) is 9.23. The molecule has 0 radical (unpaired) electrons. The van der Waals surface area contributed by atoms with Gasteiger partial charge in [0, 0.05) is 5.56 Å². The fourth-order valence-corrected chi connectivity index (χ4v) is 4.70. The van der Waals surface area contributed by atoms with E-state index < -0.39 is 0 Å². The Labute approximate surface area is 192 Å². The molecule has 0 unspecified atom stereocenters. The van der Waals surface area contributed by atoms with Crippen molar-refractivity contribution in [2.45, 2.75) is 27.7 Å². The van der Waals surface area contributed by atoms with Crippen molar-refractivity contribution in [3.05, 3.63) is 114 Å². The molecule has 0 fully saturated rings. The number of benzene rings is 3. The first-order valence-corrected chi connectivity index (χ1v) is 11.1. The summed E-state index contributed by atoms with van der Waals surface area (Å²) in [5.41, 5.74) is 15.4. The molecule has 1 aliphatic carbocycles. The summed E-state index contributed by atoms with van der Waals surface area (Å²) in [4.78, 5) is 0. The molecule has 0 heterocycles. The molecule has 0 aliphatic heterocycles. The van der Waals surface area contributed by atoms with Crippen molar-refractivity contribution in [3.8, 4) is 22.3 Å². The average Bonchev–Trinajstić information content (AvgIpc) is 2.97. The second kappa shape index (κ2) is 8.50. The lowest BCUT2D eigenvalue weighted by atomic mass is 9.72. The molecular formula is C32H30. The summed E-state index contributed by atoms with van der Waals surface area (Å²) in [6.45, 7) is 17.5. The zero-order valence-corrected chi connectivity index (χ0v) is 19.5. The zero-order chi connectivity index (χ0) is 22.9. The third-order valence-electron chi connectivity index (χ3n) is 6.11. The topological polar surface area (TPSA) is 0 Å².